The summed E-state index contributed by atoms with van der Waals surface area (Å²) in [6, 6.07) is 23.1. The molecule has 3 aromatic carbocycles. The van der Waals surface area contributed by atoms with Gasteiger partial charge in [0, 0.05) is 12.1 Å². The van der Waals surface area contributed by atoms with Crippen LogP contribution in [0, 0.1) is 0 Å². The van der Waals surface area contributed by atoms with E-state index in [4.69, 9.17) is 14.2 Å². The molecule has 0 heterocycles. The van der Waals surface area contributed by atoms with E-state index in [-0.39, 0.29) is 12.0 Å². The molecule has 5 heteroatoms. The molecule has 0 aromatic heterocycles. The summed E-state index contributed by atoms with van der Waals surface area (Å²) >= 11 is 0. The van der Waals surface area contributed by atoms with Gasteiger partial charge in [0.25, 0.3) is 5.91 Å². The molecule has 0 aliphatic carbocycles. The number of rotatable bonds is 10. The summed E-state index contributed by atoms with van der Waals surface area (Å²) in [6.45, 7) is 5.38. The third kappa shape index (κ3) is 6.59. The first-order valence-corrected chi connectivity index (χ1v) is 10.4. The van der Waals surface area contributed by atoms with Crippen molar-refractivity contribution in [2.24, 2.45) is 0 Å². The van der Waals surface area contributed by atoms with E-state index in [9.17, 15) is 4.79 Å². The van der Waals surface area contributed by atoms with E-state index in [2.05, 4.69) is 5.32 Å². The summed E-state index contributed by atoms with van der Waals surface area (Å²) in [5.74, 6) is 0.945. The molecule has 5 nitrogen and oxygen atoms in total. The maximum Gasteiger partial charge on any atom is 0.251 e. The summed E-state index contributed by atoms with van der Waals surface area (Å²) in [5.41, 5.74) is 3.68. The lowest BCUT2D eigenvalue weighted by atomic mass is 10.1. The summed E-state index contributed by atoms with van der Waals surface area (Å²) in [4.78, 5) is 12.7. The van der Waals surface area contributed by atoms with Gasteiger partial charge in [-0.25, -0.2) is 0 Å². The maximum absolute atomic E-state index is 12.7. The Labute approximate surface area is 184 Å². The molecule has 31 heavy (non-hydrogen) atoms. The molecule has 0 aliphatic heterocycles. The third-order valence-electron chi connectivity index (χ3n) is 4.79. The SMILES string of the molecule is COc1cc(C(=O)NCc2ccccc2COC(C)C)ccc1OCc1ccccc1. The normalized spacial score (nSPS) is 10.7. The van der Waals surface area contributed by atoms with Crippen molar-refractivity contribution in [2.45, 2.75) is 39.7 Å². The predicted molar refractivity (Wildman–Crippen MR) is 121 cm³/mol. The molecule has 162 valence electrons. The molecule has 3 aromatic rings. The van der Waals surface area contributed by atoms with Gasteiger partial charge in [-0.3, -0.25) is 4.79 Å². The third-order valence-corrected chi connectivity index (χ3v) is 4.79. The number of benzene rings is 3. The predicted octanol–water partition coefficient (Wildman–Crippen LogP) is 5.13. The molecule has 1 N–H and O–H groups in total. The van der Waals surface area contributed by atoms with E-state index in [0.717, 1.165) is 16.7 Å². The number of carbonyl (C=O) groups is 1. The van der Waals surface area contributed by atoms with Gasteiger partial charge in [-0.15, -0.1) is 0 Å². The smallest absolute Gasteiger partial charge is 0.251 e. The zero-order valence-electron chi connectivity index (χ0n) is 18.3. The molecule has 0 radical (unpaired) electrons. The number of carbonyl (C=O) groups excluding carboxylic acids is 1. The van der Waals surface area contributed by atoms with E-state index in [1.807, 2.05) is 68.4 Å². The van der Waals surface area contributed by atoms with Crippen LogP contribution in [0.5, 0.6) is 11.5 Å². The van der Waals surface area contributed by atoms with Gasteiger partial charge < -0.3 is 19.5 Å². The van der Waals surface area contributed by atoms with E-state index in [1.165, 1.54) is 0 Å². The van der Waals surface area contributed by atoms with Crippen LogP contribution in [0.2, 0.25) is 0 Å². The largest absolute Gasteiger partial charge is 0.493 e. The van der Waals surface area contributed by atoms with Crippen molar-refractivity contribution in [3.63, 3.8) is 0 Å². The maximum atomic E-state index is 12.7. The Hall–Kier alpha value is -3.31. The second-order valence-corrected chi connectivity index (χ2v) is 7.45. The van der Waals surface area contributed by atoms with Crippen LogP contribution in [0.25, 0.3) is 0 Å². The minimum absolute atomic E-state index is 0.151. The van der Waals surface area contributed by atoms with Crippen molar-refractivity contribution in [3.8, 4) is 11.5 Å². The van der Waals surface area contributed by atoms with E-state index in [0.29, 0.717) is 36.8 Å². The second kappa shape index (κ2) is 11.2. The highest BCUT2D eigenvalue weighted by atomic mass is 16.5. The Morgan fingerprint density at radius 3 is 2.29 bits per heavy atom. The minimum atomic E-state index is -0.174. The average molecular weight is 420 g/mol. The van der Waals surface area contributed by atoms with Gasteiger partial charge in [0.2, 0.25) is 0 Å². The van der Waals surface area contributed by atoms with Gasteiger partial charge in [-0.2, -0.15) is 0 Å². The lowest BCUT2D eigenvalue weighted by molar-refractivity contribution is 0.0651. The Kier molecular flexibility index (Phi) is 8.07. The minimum Gasteiger partial charge on any atom is -0.493 e. The quantitative estimate of drug-likeness (QED) is 0.495. The molecule has 0 bridgehead atoms. The van der Waals surface area contributed by atoms with E-state index >= 15 is 0 Å². The summed E-state index contributed by atoms with van der Waals surface area (Å²) in [7, 11) is 1.57. The highest BCUT2D eigenvalue weighted by molar-refractivity contribution is 5.94. The lowest BCUT2D eigenvalue weighted by Gasteiger charge is -2.14. The van der Waals surface area contributed by atoms with Gasteiger partial charge in [0.1, 0.15) is 6.61 Å². The molecule has 0 aliphatic rings. The van der Waals surface area contributed by atoms with Crippen LogP contribution in [-0.4, -0.2) is 19.1 Å². The summed E-state index contributed by atoms with van der Waals surface area (Å²) < 4.78 is 17.0. The lowest BCUT2D eigenvalue weighted by Crippen LogP contribution is -2.23. The zero-order chi connectivity index (χ0) is 22.1. The zero-order valence-corrected chi connectivity index (χ0v) is 18.3. The number of hydrogen-bond acceptors (Lipinski definition) is 4. The Balaban J connectivity index is 1.63. The fourth-order valence-electron chi connectivity index (χ4n) is 3.07. The molecule has 0 unspecified atom stereocenters. The van der Waals surface area contributed by atoms with Crippen molar-refractivity contribution in [2.75, 3.05) is 7.11 Å². The van der Waals surface area contributed by atoms with Gasteiger partial charge >= 0.3 is 0 Å². The van der Waals surface area contributed by atoms with Gasteiger partial charge in [-0.1, -0.05) is 54.6 Å². The van der Waals surface area contributed by atoms with Crippen LogP contribution in [0.3, 0.4) is 0 Å². The molecular formula is C26H29NO4. The molecule has 0 saturated heterocycles. The fourth-order valence-corrected chi connectivity index (χ4v) is 3.07. The first-order chi connectivity index (χ1) is 15.1. The van der Waals surface area contributed by atoms with Gasteiger partial charge in [-0.05, 0) is 48.7 Å². The number of hydrogen-bond donors (Lipinski definition) is 1. The molecule has 1 amide bonds. The van der Waals surface area contributed by atoms with Crippen molar-refractivity contribution >= 4 is 5.91 Å². The van der Waals surface area contributed by atoms with Crippen LogP contribution in [0.1, 0.15) is 40.9 Å². The van der Waals surface area contributed by atoms with Crippen molar-refractivity contribution in [1.29, 1.82) is 0 Å². The van der Waals surface area contributed by atoms with Crippen molar-refractivity contribution in [3.05, 3.63) is 95.1 Å². The standard InChI is InChI=1S/C26H29NO4/c1-19(2)30-18-23-12-8-7-11-22(23)16-27-26(28)21-13-14-24(25(15-21)29-3)31-17-20-9-5-4-6-10-20/h4-15,19H,16-18H2,1-3H3,(H,27,28). The number of ether oxygens (including phenoxy) is 3. The topological polar surface area (TPSA) is 56.8 Å². The first-order valence-electron chi connectivity index (χ1n) is 10.4. The van der Waals surface area contributed by atoms with Crippen molar-refractivity contribution in [1.82, 2.24) is 5.32 Å². The number of nitrogens with one attached hydrogen (secondary N) is 1. The Bertz CT molecular complexity index is 986. The number of methoxy groups -OCH3 is 1. The average Bonchev–Trinajstić information content (AvgIpc) is 2.80. The summed E-state index contributed by atoms with van der Waals surface area (Å²) in [6.07, 6.45) is 0.151. The van der Waals surface area contributed by atoms with Crippen LogP contribution in [0.4, 0.5) is 0 Å². The van der Waals surface area contributed by atoms with Crippen LogP contribution in [0.15, 0.2) is 72.8 Å². The van der Waals surface area contributed by atoms with Crippen LogP contribution in [-0.2, 0) is 24.5 Å². The number of amides is 1. The molecule has 0 spiro atoms. The van der Waals surface area contributed by atoms with E-state index < -0.39 is 0 Å². The summed E-state index contributed by atoms with van der Waals surface area (Å²) in [5, 5.41) is 2.98. The van der Waals surface area contributed by atoms with Gasteiger partial charge in [0.15, 0.2) is 11.5 Å². The van der Waals surface area contributed by atoms with Crippen molar-refractivity contribution < 1.29 is 19.0 Å². The van der Waals surface area contributed by atoms with Crippen LogP contribution >= 0.6 is 0 Å². The molecule has 0 atom stereocenters. The second-order valence-electron chi connectivity index (χ2n) is 7.45. The Morgan fingerprint density at radius 1 is 0.871 bits per heavy atom. The molecule has 3 rings (SSSR count). The fraction of sp³-hybridized carbons (Fsp3) is 0.269. The van der Waals surface area contributed by atoms with Gasteiger partial charge in [0.05, 0.1) is 19.8 Å². The highest BCUT2D eigenvalue weighted by Crippen LogP contribution is 2.29. The molecular weight excluding hydrogens is 390 g/mol. The molecule has 0 fully saturated rings. The Morgan fingerprint density at radius 2 is 1.58 bits per heavy atom. The first kappa shape index (κ1) is 22.4. The monoisotopic (exact) mass is 419 g/mol. The van der Waals surface area contributed by atoms with E-state index in [1.54, 1.807) is 25.3 Å². The molecule has 0 saturated carbocycles. The highest BCUT2D eigenvalue weighted by Gasteiger charge is 2.12. The van der Waals surface area contributed by atoms with Crippen LogP contribution < -0.4 is 14.8 Å².